The molecule has 0 saturated heterocycles. The molecule has 154 valence electrons. The van der Waals surface area contributed by atoms with Crippen molar-refractivity contribution in [2.24, 2.45) is 0 Å². The lowest BCUT2D eigenvalue weighted by Gasteiger charge is -2.34. The van der Waals surface area contributed by atoms with E-state index in [1.165, 1.54) is 29.8 Å². The molecule has 2 aromatic carbocycles. The molecule has 0 bridgehead atoms. The summed E-state index contributed by atoms with van der Waals surface area (Å²) in [6.45, 7) is 3.96. The summed E-state index contributed by atoms with van der Waals surface area (Å²) in [5.41, 5.74) is 5.53. The smallest absolute Gasteiger partial charge is 0.254 e. The molecule has 0 aromatic heterocycles. The quantitative estimate of drug-likeness (QED) is 0.754. The van der Waals surface area contributed by atoms with Gasteiger partial charge in [0.1, 0.15) is 5.82 Å². The molecule has 2 N–H and O–H groups in total. The van der Waals surface area contributed by atoms with Crippen LogP contribution in [0.1, 0.15) is 50.2 Å². The number of carbonyl (C=O) groups is 2. The number of amides is 1. The van der Waals surface area contributed by atoms with Gasteiger partial charge in [-0.25, -0.2) is 4.39 Å². The predicted octanol–water partition coefficient (Wildman–Crippen LogP) is 4.99. The standard InChI is InChI=1S/C25H25FN2O2/c1-3-16-7-9-17(10-8-16)23-22(25(30)28-19-13-11-18(26)12-14-19)15(2)27-20-5-4-6-21(29)24(20)23/h7-14,23,27H,3-6H2,1-2H3,(H,28,30). The van der Waals surface area contributed by atoms with Crippen LogP contribution in [-0.4, -0.2) is 11.7 Å². The van der Waals surface area contributed by atoms with E-state index in [1.807, 2.05) is 19.1 Å². The fourth-order valence-corrected chi connectivity index (χ4v) is 4.30. The van der Waals surface area contributed by atoms with Crippen LogP contribution in [0.5, 0.6) is 0 Å². The van der Waals surface area contributed by atoms with E-state index in [9.17, 15) is 14.0 Å². The second-order valence-corrected chi connectivity index (χ2v) is 7.82. The minimum atomic E-state index is -0.416. The number of Topliss-reactive ketones (excluding diaryl/α,β-unsaturated/α-hetero) is 1. The van der Waals surface area contributed by atoms with E-state index < -0.39 is 5.92 Å². The van der Waals surface area contributed by atoms with Gasteiger partial charge in [0.05, 0.1) is 0 Å². The third kappa shape index (κ3) is 3.80. The number of hydrogen-bond donors (Lipinski definition) is 2. The molecule has 1 atom stereocenters. The van der Waals surface area contributed by atoms with Crippen molar-refractivity contribution in [3.05, 3.63) is 88.0 Å². The summed E-state index contributed by atoms with van der Waals surface area (Å²) in [7, 11) is 0. The van der Waals surface area contributed by atoms with Gasteiger partial charge < -0.3 is 10.6 Å². The molecular weight excluding hydrogens is 379 g/mol. The van der Waals surface area contributed by atoms with Crippen molar-refractivity contribution in [3.63, 3.8) is 0 Å². The molecule has 0 radical (unpaired) electrons. The molecule has 0 fully saturated rings. The van der Waals surface area contributed by atoms with Crippen LogP contribution >= 0.6 is 0 Å². The zero-order chi connectivity index (χ0) is 21.3. The molecule has 1 aliphatic carbocycles. The number of hydrogen-bond acceptors (Lipinski definition) is 3. The van der Waals surface area contributed by atoms with Crippen LogP contribution in [0.25, 0.3) is 0 Å². The maximum absolute atomic E-state index is 13.3. The van der Waals surface area contributed by atoms with E-state index in [2.05, 4.69) is 29.7 Å². The van der Waals surface area contributed by atoms with Gasteiger partial charge >= 0.3 is 0 Å². The summed E-state index contributed by atoms with van der Waals surface area (Å²) >= 11 is 0. The summed E-state index contributed by atoms with van der Waals surface area (Å²) in [5, 5.41) is 6.18. The first-order valence-electron chi connectivity index (χ1n) is 10.4. The minimum absolute atomic E-state index is 0.0906. The van der Waals surface area contributed by atoms with Crippen molar-refractivity contribution in [3.8, 4) is 0 Å². The van der Waals surface area contributed by atoms with E-state index in [0.717, 1.165) is 36.2 Å². The topological polar surface area (TPSA) is 58.2 Å². The molecule has 2 aromatic rings. The largest absolute Gasteiger partial charge is 0.362 e. The molecule has 30 heavy (non-hydrogen) atoms. The molecule has 5 heteroatoms. The molecule has 0 saturated carbocycles. The highest BCUT2D eigenvalue weighted by molar-refractivity contribution is 6.09. The van der Waals surface area contributed by atoms with Crippen molar-refractivity contribution in [1.82, 2.24) is 5.32 Å². The van der Waals surface area contributed by atoms with Crippen molar-refractivity contribution in [2.45, 2.75) is 45.4 Å². The Bertz CT molecular complexity index is 1050. The number of dihydropyridines is 1. The molecule has 4 rings (SSSR count). The second kappa shape index (κ2) is 8.27. The monoisotopic (exact) mass is 404 g/mol. The molecular formula is C25H25FN2O2. The molecule has 1 aliphatic heterocycles. The van der Waals surface area contributed by atoms with Crippen LogP contribution in [0.3, 0.4) is 0 Å². The van der Waals surface area contributed by atoms with Gasteiger partial charge in [0, 0.05) is 40.6 Å². The molecule has 1 amide bonds. The Morgan fingerprint density at radius 1 is 1.10 bits per heavy atom. The Kier molecular flexibility index (Phi) is 5.53. The van der Waals surface area contributed by atoms with Gasteiger partial charge in [-0.3, -0.25) is 9.59 Å². The van der Waals surface area contributed by atoms with Crippen LogP contribution in [0, 0.1) is 5.82 Å². The van der Waals surface area contributed by atoms with E-state index in [4.69, 9.17) is 0 Å². The summed E-state index contributed by atoms with van der Waals surface area (Å²) in [5.74, 6) is -0.978. The lowest BCUT2D eigenvalue weighted by molar-refractivity contribution is -0.116. The number of benzene rings is 2. The van der Waals surface area contributed by atoms with Gasteiger partial charge in [0.15, 0.2) is 5.78 Å². The fourth-order valence-electron chi connectivity index (χ4n) is 4.30. The number of nitrogens with one attached hydrogen (secondary N) is 2. The number of rotatable bonds is 4. The molecule has 0 spiro atoms. The van der Waals surface area contributed by atoms with Crippen molar-refractivity contribution in [1.29, 1.82) is 0 Å². The first-order valence-corrected chi connectivity index (χ1v) is 10.4. The van der Waals surface area contributed by atoms with Crippen molar-refractivity contribution >= 4 is 17.4 Å². The summed E-state index contributed by atoms with van der Waals surface area (Å²) in [6.07, 6.45) is 3.04. The second-order valence-electron chi connectivity index (χ2n) is 7.82. The van der Waals surface area contributed by atoms with E-state index in [1.54, 1.807) is 0 Å². The summed E-state index contributed by atoms with van der Waals surface area (Å²) in [4.78, 5) is 26.2. The van der Waals surface area contributed by atoms with Crippen LogP contribution in [0.4, 0.5) is 10.1 Å². The van der Waals surface area contributed by atoms with Crippen LogP contribution in [-0.2, 0) is 16.0 Å². The number of anilines is 1. The lowest BCUT2D eigenvalue weighted by Crippen LogP contribution is -2.35. The van der Waals surface area contributed by atoms with Gasteiger partial charge in [-0.15, -0.1) is 0 Å². The Hall–Kier alpha value is -3.21. The Labute approximate surface area is 175 Å². The summed E-state index contributed by atoms with van der Waals surface area (Å²) < 4.78 is 13.2. The maximum Gasteiger partial charge on any atom is 0.254 e. The zero-order valence-electron chi connectivity index (χ0n) is 17.2. The zero-order valence-corrected chi connectivity index (χ0v) is 17.2. The molecule has 1 heterocycles. The Morgan fingerprint density at radius 3 is 2.47 bits per heavy atom. The highest BCUT2D eigenvalue weighted by atomic mass is 19.1. The third-order valence-electron chi connectivity index (χ3n) is 5.84. The highest BCUT2D eigenvalue weighted by Crippen LogP contribution is 2.42. The molecule has 2 aliphatic rings. The normalized spacial score (nSPS) is 18.8. The first-order chi connectivity index (χ1) is 14.5. The van der Waals surface area contributed by atoms with Crippen LogP contribution in [0.15, 0.2) is 71.1 Å². The minimum Gasteiger partial charge on any atom is -0.362 e. The Balaban J connectivity index is 1.76. The van der Waals surface area contributed by atoms with E-state index >= 15 is 0 Å². The Morgan fingerprint density at radius 2 is 1.80 bits per heavy atom. The fraction of sp³-hybridized carbons (Fsp3) is 0.280. The number of allylic oxidation sites excluding steroid dienone is 3. The molecule has 1 unspecified atom stereocenters. The highest BCUT2D eigenvalue weighted by Gasteiger charge is 2.38. The van der Waals surface area contributed by atoms with Crippen LogP contribution < -0.4 is 10.6 Å². The van der Waals surface area contributed by atoms with Gasteiger partial charge in [-0.2, -0.15) is 0 Å². The maximum atomic E-state index is 13.3. The van der Waals surface area contributed by atoms with Gasteiger partial charge in [0.25, 0.3) is 5.91 Å². The SMILES string of the molecule is CCc1ccc(C2C(C(=O)Nc3ccc(F)cc3)=C(C)NC3=C2C(=O)CCC3)cc1. The summed E-state index contributed by atoms with van der Waals surface area (Å²) in [6, 6.07) is 13.8. The van der Waals surface area contributed by atoms with Crippen LogP contribution in [0.2, 0.25) is 0 Å². The lowest BCUT2D eigenvalue weighted by atomic mass is 9.75. The van der Waals surface area contributed by atoms with Gasteiger partial charge in [-0.05, 0) is 61.6 Å². The van der Waals surface area contributed by atoms with Crippen molar-refractivity contribution in [2.75, 3.05) is 5.32 Å². The van der Waals surface area contributed by atoms with Crippen molar-refractivity contribution < 1.29 is 14.0 Å². The number of carbonyl (C=O) groups excluding carboxylic acids is 2. The average Bonchev–Trinajstić information content (AvgIpc) is 2.74. The third-order valence-corrected chi connectivity index (χ3v) is 5.84. The average molecular weight is 404 g/mol. The predicted molar refractivity (Wildman–Crippen MR) is 115 cm³/mol. The number of aryl methyl sites for hydroxylation is 1. The number of ketones is 1. The van der Waals surface area contributed by atoms with Gasteiger partial charge in [-0.1, -0.05) is 31.2 Å². The molecule has 4 nitrogen and oxygen atoms in total. The van der Waals surface area contributed by atoms with E-state index in [0.29, 0.717) is 23.3 Å². The first kappa shape index (κ1) is 20.1. The number of halogens is 1. The van der Waals surface area contributed by atoms with Gasteiger partial charge in [0.2, 0.25) is 0 Å². The van der Waals surface area contributed by atoms with E-state index in [-0.39, 0.29) is 17.5 Å².